The summed E-state index contributed by atoms with van der Waals surface area (Å²) in [6.07, 6.45) is 4.21. The van der Waals surface area contributed by atoms with E-state index in [-0.39, 0.29) is 30.6 Å². The van der Waals surface area contributed by atoms with Crippen molar-refractivity contribution in [1.82, 2.24) is 0 Å². The van der Waals surface area contributed by atoms with Crippen LogP contribution in [0.5, 0.6) is 0 Å². The first kappa shape index (κ1) is 31.8. The molecular formula is C35H41FO8. The first-order valence-corrected chi connectivity index (χ1v) is 15.6. The first-order valence-electron chi connectivity index (χ1n) is 15.6. The van der Waals surface area contributed by atoms with Gasteiger partial charge in [-0.05, 0) is 62.8 Å². The number of fused-ring (bicyclic) bond motifs is 5. The second-order valence-electron chi connectivity index (χ2n) is 13.1. The Balaban J connectivity index is 1.66. The fourth-order valence-corrected chi connectivity index (χ4v) is 8.87. The minimum atomic E-state index is -2.13. The molecule has 4 aliphatic rings. The lowest BCUT2D eigenvalue weighted by Gasteiger charge is -2.63. The molecule has 0 amide bonds. The molecule has 4 aliphatic carbocycles. The van der Waals surface area contributed by atoms with Crippen molar-refractivity contribution < 1.29 is 42.6 Å². The quantitative estimate of drug-likeness (QED) is 0.274. The number of alkyl halides is 1. The molecule has 3 saturated carbocycles. The number of hydrogen-bond donors (Lipinski definition) is 0. The van der Waals surface area contributed by atoms with Gasteiger partial charge in [-0.2, -0.15) is 0 Å². The van der Waals surface area contributed by atoms with Crippen LogP contribution >= 0.6 is 0 Å². The van der Waals surface area contributed by atoms with Gasteiger partial charge in [0.2, 0.25) is 5.78 Å². The zero-order valence-corrected chi connectivity index (χ0v) is 26.0. The minimum Gasteiger partial charge on any atom is -0.457 e. The smallest absolute Gasteiger partial charge is 0.338 e. The standard InChI is InChI=1S/C35H41FO8/c1-6-29(39)42-20-27(38)35(44-30(40)7-2)21(3)17-26-25-14-13-23-18-24(37)15-16-32(23,4)34(25,36)28(19-33(26,35)5)43-31(41)22-11-9-8-10-12-22/h8-12,15-16,18,21,25-26,28H,6-7,13-14,17,19-20H2,1-5H3/t21-,25-,26-,28-,32-,33-,34?,35-/m0/s1. The maximum absolute atomic E-state index is 18.5. The van der Waals surface area contributed by atoms with Crippen LogP contribution in [0.3, 0.4) is 0 Å². The Morgan fingerprint density at radius 2 is 1.68 bits per heavy atom. The van der Waals surface area contributed by atoms with Crippen molar-refractivity contribution in [3.8, 4) is 0 Å². The molecule has 8 atom stereocenters. The summed E-state index contributed by atoms with van der Waals surface area (Å²) in [5, 5.41) is 0. The van der Waals surface area contributed by atoms with Crippen LogP contribution in [0.1, 0.15) is 83.5 Å². The van der Waals surface area contributed by atoms with Gasteiger partial charge in [0.15, 0.2) is 23.7 Å². The number of ketones is 2. The summed E-state index contributed by atoms with van der Waals surface area (Å²) in [5.74, 6) is -4.36. The number of carbonyl (C=O) groups is 5. The van der Waals surface area contributed by atoms with Crippen molar-refractivity contribution in [2.75, 3.05) is 6.61 Å². The SMILES string of the molecule is CCC(=O)OCC(=O)[C@@]1(OC(=O)CC)[C@@H](C)C[C@H]2[C@@H]3CCC4=CC(=O)C=C[C@]4(C)C3(F)[C@@H](OC(=O)c3ccccc3)C[C@@]21C. The molecule has 0 spiro atoms. The van der Waals surface area contributed by atoms with Crippen molar-refractivity contribution in [3.63, 3.8) is 0 Å². The molecule has 3 fully saturated rings. The molecule has 0 heterocycles. The number of rotatable bonds is 8. The number of benzene rings is 1. The molecule has 1 unspecified atom stereocenters. The summed E-state index contributed by atoms with van der Waals surface area (Å²) in [6, 6.07) is 8.30. The Morgan fingerprint density at radius 1 is 1.00 bits per heavy atom. The van der Waals surface area contributed by atoms with Gasteiger partial charge in [0.05, 0.1) is 5.56 Å². The van der Waals surface area contributed by atoms with E-state index < -0.39 is 76.3 Å². The number of allylic oxidation sites excluding steroid dienone is 4. The van der Waals surface area contributed by atoms with E-state index in [0.717, 1.165) is 0 Å². The molecule has 0 N–H and O–H groups in total. The number of esters is 3. The Kier molecular flexibility index (Phi) is 8.23. The monoisotopic (exact) mass is 608 g/mol. The second kappa shape index (κ2) is 11.4. The van der Waals surface area contributed by atoms with Crippen LogP contribution in [0, 0.1) is 28.6 Å². The van der Waals surface area contributed by atoms with Crippen LogP contribution in [0.2, 0.25) is 0 Å². The average molecular weight is 609 g/mol. The van der Waals surface area contributed by atoms with Crippen molar-refractivity contribution in [2.45, 2.75) is 90.5 Å². The topological polar surface area (TPSA) is 113 Å². The number of halogens is 1. The van der Waals surface area contributed by atoms with Crippen LogP contribution in [-0.2, 0) is 33.4 Å². The number of hydrogen-bond acceptors (Lipinski definition) is 8. The zero-order chi connectivity index (χ0) is 32.1. The van der Waals surface area contributed by atoms with Gasteiger partial charge in [-0.25, -0.2) is 9.18 Å². The van der Waals surface area contributed by atoms with Gasteiger partial charge in [0, 0.05) is 35.5 Å². The van der Waals surface area contributed by atoms with Crippen molar-refractivity contribution in [1.29, 1.82) is 0 Å². The van der Waals surface area contributed by atoms with Gasteiger partial charge in [-0.15, -0.1) is 0 Å². The van der Waals surface area contributed by atoms with Crippen LogP contribution in [0.15, 0.2) is 54.1 Å². The highest BCUT2D eigenvalue weighted by molar-refractivity contribution is 6.01. The van der Waals surface area contributed by atoms with Gasteiger partial charge in [0.25, 0.3) is 0 Å². The van der Waals surface area contributed by atoms with E-state index in [1.807, 2.05) is 13.8 Å². The molecule has 0 radical (unpaired) electrons. The number of ether oxygens (including phenoxy) is 3. The normalized spacial score (nSPS) is 37.1. The van der Waals surface area contributed by atoms with Gasteiger partial charge >= 0.3 is 17.9 Å². The molecule has 44 heavy (non-hydrogen) atoms. The van der Waals surface area contributed by atoms with Crippen molar-refractivity contribution in [3.05, 3.63) is 59.7 Å². The third-order valence-electron chi connectivity index (χ3n) is 11.0. The Hall–Kier alpha value is -3.62. The van der Waals surface area contributed by atoms with Gasteiger partial charge in [-0.3, -0.25) is 19.2 Å². The molecule has 0 aliphatic heterocycles. The van der Waals surface area contributed by atoms with Gasteiger partial charge in [0.1, 0.15) is 6.10 Å². The molecule has 1 aromatic rings. The van der Waals surface area contributed by atoms with Crippen molar-refractivity contribution in [2.24, 2.45) is 28.6 Å². The summed E-state index contributed by atoms with van der Waals surface area (Å²) in [6.45, 7) is 8.03. The van der Waals surface area contributed by atoms with E-state index in [1.54, 1.807) is 57.2 Å². The van der Waals surface area contributed by atoms with Gasteiger partial charge in [-0.1, -0.05) is 57.5 Å². The van der Waals surface area contributed by atoms with E-state index in [9.17, 15) is 24.0 Å². The average Bonchev–Trinajstić information content (AvgIpc) is 3.23. The first-order chi connectivity index (χ1) is 20.8. The molecule has 5 rings (SSSR count). The van der Waals surface area contributed by atoms with Crippen LogP contribution < -0.4 is 0 Å². The van der Waals surface area contributed by atoms with Crippen LogP contribution in [-0.4, -0.2) is 53.5 Å². The maximum atomic E-state index is 18.5. The molecule has 1 aromatic carbocycles. The number of Topliss-reactive ketones (excluding diaryl/α,β-unsaturated/α-hetero) is 1. The van der Waals surface area contributed by atoms with Crippen LogP contribution in [0.4, 0.5) is 4.39 Å². The summed E-state index contributed by atoms with van der Waals surface area (Å²) in [7, 11) is 0. The highest BCUT2D eigenvalue weighted by Gasteiger charge is 2.78. The molecule has 8 nitrogen and oxygen atoms in total. The molecular weight excluding hydrogens is 567 g/mol. The van der Waals surface area contributed by atoms with Crippen LogP contribution in [0.25, 0.3) is 0 Å². The van der Waals surface area contributed by atoms with E-state index >= 15 is 4.39 Å². The Bertz CT molecular complexity index is 1430. The predicted octanol–water partition coefficient (Wildman–Crippen LogP) is 5.68. The molecule has 0 aromatic heterocycles. The van der Waals surface area contributed by atoms with E-state index in [1.165, 1.54) is 12.2 Å². The summed E-state index contributed by atoms with van der Waals surface area (Å²) < 4.78 is 36.0. The lowest BCUT2D eigenvalue weighted by molar-refractivity contribution is -0.228. The fourth-order valence-electron chi connectivity index (χ4n) is 8.87. The molecule has 236 valence electrons. The second-order valence-corrected chi connectivity index (χ2v) is 13.1. The molecule has 9 heteroatoms. The van der Waals surface area contributed by atoms with E-state index in [2.05, 4.69) is 0 Å². The maximum Gasteiger partial charge on any atom is 0.338 e. The Morgan fingerprint density at radius 3 is 2.34 bits per heavy atom. The third kappa shape index (κ3) is 4.57. The summed E-state index contributed by atoms with van der Waals surface area (Å²) in [5.41, 5.74) is -5.40. The zero-order valence-electron chi connectivity index (χ0n) is 26.0. The predicted molar refractivity (Wildman–Crippen MR) is 158 cm³/mol. The highest BCUT2D eigenvalue weighted by atomic mass is 19.1. The largest absolute Gasteiger partial charge is 0.457 e. The fraction of sp³-hybridized carbons (Fsp3) is 0.571. The molecule has 0 saturated heterocycles. The highest BCUT2D eigenvalue weighted by Crippen LogP contribution is 2.72. The van der Waals surface area contributed by atoms with Crippen molar-refractivity contribution >= 4 is 29.5 Å². The minimum absolute atomic E-state index is 0.00515. The lowest BCUT2D eigenvalue weighted by Crippen LogP contribution is -2.70. The summed E-state index contributed by atoms with van der Waals surface area (Å²) in [4.78, 5) is 65.2. The Labute approximate surface area is 257 Å². The summed E-state index contributed by atoms with van der Waals surface area (Å²) >= 11 is 0. The third-order valence-corrected chi connectivity index (χ3v) is 11.0. The van der Waals surface area contributed by atoms with E-state index in [4.69, 9.17) is 14.2 Å². The molecule has 0 bridgehead atoms. The lowest BCUT2D eigenvalue weighted by atomic mass is 9.44. The van der Waals surface area contributed by atoms with E-state index in [0.29, 0.717) is 24.8 Å². The van der Waals surface area contributed by atoms with Gasteiger partial charge < -0.3 is 14.2 Å². The number of carbonyl (C=O) groups excluding carboxylic acids is 5.